The second-order valence-corrected chi connectivity index (χ2v) is 4.84. The molecule has 2 nitrogen and oxygen atoms in total. The summed E-state index contributed by atoms with van der Waals surface area (Å²) in [4.78, 5) is 0. The molecule has 0 spiro atoms. The number of hydrogen-bond acceptors (Lipinski definition) is 2. The first-order valence-corrected chi connectivity index (χ1v) is 5.62. The Kier molecular flexibility index (Phi) is 2.89. The van der Waals surface area contributed by atoms with Gasteiger partial charge >= 0.3 is 0 Å². The van der Waals surface area contributed by atoms with Crippen LogP contribution in [0, 0.1) is 11.3 Å². The maximum atomic E-state index is 5.91. The van der Waals surface area contributed by atoms with Crippen LogP contribution in [0.5, 0.6) is 0 Å². The van der Waals surface area contributed by atoms with Gasteiger partial charge in [-0.3, -0.25) is 0 Å². The summed E-state index contributed by atoms with van der Waals surface area (Å²) in [6.45, 7) is 2.86. The zero-order valence-corrected chi connectivity index (χ0v) is 8.43. The fourth-order valence-corrected chi connectivity index (χ4v) is 2.97. The van der Waals surface area contributed by atoms with Crippen LogP contribution in [0.1, 0.15) is 38.5 Å². The van der Waals surface area contributed by atoms with E-state index in [4.69, 9.17) is 10.5 Å². The predicted octanol–water partition coefficient (Wildman–Crippen LogP) is 1.93. The molecule has 76 valence electrons. The van der Waals surface area contributed by atoms with Gasteiger partial charge in [-0.25, -0.2) is 0 Å². The fourth-order valence-electron chi connectivity index (χ4n) is 2.97. The van der Waals surface area contributed by atoms with Crippen molar-refractivity contribution < 1.29 is 4.74 Å². The molecule has 0 bridgehead atoms. The molecule has 1 heterocycles. The second kappa shape index (κ2) is 3.97. The van der Waals surface area contributed by atoms with E-state index in [1.54, 1.807) is 0 Å². The number of hydrogen-bond donors (Lipinski definition) is 1. The molecule has 1 aliphatic carbocycles. The van der Waals surface area contributed by atoms with Gasteiger partial charge in [0.25, 0.3) is 0 Å². The van der Waals surface area contributed by atoms with Crippen molar-refractivity contribution in [3.8, 4) is 0 Å². The Hall–Kier alpha value is -0.0800. The van der Waals surface area contributed by atoms with Gasteiger partial charge in [0.15, 0.2) is 0 Å². The van der Waals surface area contributed by atoms with Crippen LogP contribution < -0.4 is 5.73 Å². The van der Waals surface area contributed by atoms with E-state index in [2.05, 4.69) is 0 Å². The summed E-state index contributed by atoms with van der Waals surface area (Å²) >= 11 is 0. The first-order valence-electron chi connectivity index (χ1n) is 5.62. The monoisotopic (exact) mass is 183 g/mol. The molecular formula is C11H21NO. The fraction of sp³-hybridized carbons (Fsp3) is 1.00. The van der Waals surface area contributed by atoms with Crippen LogP contribution >= 0.6 is 0 Å². The first-order chi connectivity index (χ1) is 6.35. The van der Waals surface area contributed by atoms with Gasteiger partial charge in [-0.15, -0.1) is 0 Å². The zero-order valence-electron chi connectivity index (χ0n) is 8.43. The Morgan fingerprint density at radius 3 is 2.62 bits per heavy atom. The van der Waals surface area contributed by atoms with Gasteiger partial charge in [-0.2, -0.15) is 0 Å². The molecule has 1 saturated heterocycles. The SMILES string of the molecule is NCC1(CC2CCOC2)CCCC1. The molecular weight excluding hydrogens is 162 g/mol. The van der Waals surface area contributed by atoms with Crippen LogP contribution in [0.15, 0.2) is 0 Å². The van der Waals surface area contributed by atoms with Crippen LogP contribution in [-0.2, 0) is 4.74 Å². The molecule has 2 heteroatoms. The molecule has 13 heavy (non-hydrogen) atoms. The molecule has 2 fully saturated rings. The van der Waals surface area contributed by atoms with Crippen molar-refractivity contribution in [1.29, 1.82) is 0 Å². The lowest BCUT2D eigenvalue weighted by molar-refractivity contribution is 0.163. The average Bonchev–Trinajstić information content (AvgIpc) is 2.77. The van der Waals surface area contributed by atoms with Gasteiger partial charge in [0.05, 0.1) is 0 Å². The largest absolute Gasteiger partial charge is 0.381 e. The van der Waals surface area contributed by atoms with Crippen LogP contribution in [0.3, 0.4) is 0 Å². The Morgan fingerprint density at radius 1 is 1.31 bits per heavy atom. The third-order valence-corrected chi connectivity index (χ3v) is 3.84. The molecule has 1 saturated carbocycles. The maximum Gasteiger partial charge on any atom is 0.0495 e. The first kappa shape index (κ1) is 9.47. The summed E-state index contributed by atoms with van der Waals surface area (Å²) in [5.74, 6) is 0.807. The Morgan fingerprint density at radius 2 is 2.08 bits per heavy atom. The van der Waals surface area contributed by atoms with Crippen LogP contribution in [0.4, 0.5) is 0 Å². The standard InChI is InChI=1S/C11H21NO/c12-9-11(4-1-2-5-11)7-10-3-6-13-8-10/h10H,1-9,12H2. The van der Waals surface area contributed by atoms with Crippen molar-refractivity contribution in [2.75, 3.05) is 19.8 Å². The number of ether oxygens (including phenoxy) is 1. The molecule has 2 rings (SSSR count). The van der Waals surface area contributed by atoms with E-state index in [9.17, 15) is 0 Å². The summed E-state index contributed by atoms with van der Waals surface area (Å²) in [5, 5.41) is 0. The van der Waals surface area contributed by atoms with Gasteiger partial charge in [0, 0.05) is 13.2 Å². The van der Waals surface area contributed by atoms with Gasteiger partial charge in [0.1, 0.15) is 0 Å². The van der Waals surface area contributed by atoms with Gasteiger partial charge in [-0.05, 0) is 43.6 Å². The second-order valence-electron chi connectivity index (χ2n) is 4.84. The quantitative estimate of drug-likeness (QED) is 0.725. The lowest BCUT2D eigenvalue weighted by Crippen LogP contribution is -2.30. The molecule has 0 aromatic heterocycles. The third-order valence-electron chi connectivity index (χ3n) is 3.84. The van der Waals surface area contributed by atoms with Crippen molar-refractivity contribution in [2.45, 2.75) is 38.5 Å². The number of nitrogens with two attached hydrogens (primary N) is 1. The van der Waals surface area contributed by atoms with Gasteiger partial charge < -0.3 is 10.5 Å². The van der Waals surface area contributed by atoms with Gasteiger partial charge in [0.2, 0.25) is 0 Å². The van der Waals surface area contributed by atoms with Crippen molar-refractivity contribution >= 4 is 0 Å². The van der Waals surface area contributed by atoms with Crippen LogP contribution in [0.25, 0.3) is 0 Å². The minimum absolute atomic E-state index is 0.498. The molecule has 1 aliphatic heterocycles. The maximum absolute atomic E-state index is 5.91. The summed E-state index contributed by atoms with van der Waals surface area (Å²) in [7, 11) is 0. The van der Waals surface area contributed by atoms with E-state index < -0.39 is 0 Å². The van der Waals surface area contributed by atoms with E-state index >= 15 is 0 Å². The topological polar surface area (TPSA) is 35.2 Å². The molecule has 0 radical (unpaired) electrons. The van der Waals surface area contributed by atoms with Gasteiger partial charge in [-0.1, -0.05) is 12.8 Å². The highest BCUT2D eigenvalue weighted by Crippen LogP contribution is 2.43. The highest BCUT2D eigenvalue weighted by molar-refractivity contribution is 4.88. The van der Waals surface area contributed by atoms with Crippen LogP contribution in [-0.4, -0.2) is 19.8 Å². The lowest BCUT2D eigenvalue weighted by Gasteiger charge is -2.29. The van der Waals surface area contributed by atoms with E-state index in [1.807, 2.05) is 0 Å². The van der Waals surface area contributed by atoms with Crippen molar-refractivity contribution in [3.63, 3.8) is 0 Å². The smallest absolute Gasteiger partial charge is 0.0495 e. The molecule has 0 aromatic carbocycles. The normalized spacial score (nSPS) is 32.5. The molecule has 2 N–H and O–H groups in total. The van der Waals surface area contributed by atoms with E-state index in [0.29, 0.717) is 5.41 Å². The zero-order chi connectivity index (χ0) is 9.15. The average molecular weight is 183 g/mol. The van der Waals surface area contributed by atoms with E-state index in [-0.39, 0.29) is 0 Å². The highest BCUT2D eigenvalue weighted by Gasteiger charge is 2.35. The minimum Gasteiger partial charge on any atom is -0.381 e. The molecule has 0 amide bonds. The predicted molar refractivity (Wildman–Crippen MR) is 53.5 cm³/mol. The molecule has 0 aromatic rings. The van der Waals surface area contributed by atoms with Crippen molar-refractivity contribution in [2.24, 2.45) is 17.1 Å². The highest BCUT2D eigenvalue weighted by atomic mass is 16.5. The summed E-state index contributed by atoms with van der Waals surface area (Å²) in [6, 6.07) is 0. The van der Waals surface area contributed by atoms with Crippen LogP contribution in [0.2, 0.25) is 0 Å². The minimum atomic E-state index is 0.498. The van der Waals surface area contributed by atoms with Crippen molar-refractivity contribution in [3.05, 3.63) is 0 Å². The number of rotatable bonds is 3. The molecule has 1 atom stereocenters. The molecule has 2 aliphatic rings. The van der Waals surface area contributed by atoms with E-state index in [0.717, 1.165) is 25.7 Å². The molecule has 1 unspecified atom stereocenters. The van der Waals surface area contributed by atoms with Crippen molar-refractivity contribution in [1.82, 2.24) is 0 Å². The summed E-state index contributed by atoms with van der Waals surface area (Å²) in [5.41, 5.74) is 6.40. The summed E-state index contributed by atoms with van der Waals surface area (Å²) in [6.07, 6.45) is 8.10. The van der Waals surface area contributed by atoms with E-state index in [1.165, 1.54) is 38.5 Å². The Balaban J connectivity index is 1.88. The third kappa shape index (κ3) is 2.05. The Bertz CT molecular complexity index is 157. The summed E-state index contributed by atoms with van der Waals surface area (Å²) < 4.78 is 5.42. The Labute approximate surface area is 80.8 Å². The lowest BCUT2D eigenvalue weighted by atomic mass is 9.77.